The van der Waals surface area contributed by atoms with Crippen LogP contribution in [0.3, 0.4) is 0 Å². The number of amides is 2. The Morgan fingerprint density at radius 2 is 1.89 bits per heavy atom. The molecule has 0 fully saturated rings. The monoisotopic (exact) mass is 274 g/mol. The highest BCUT2D eigenvalue weighted by atomic mass is 32.1. The third-order valence-corrected chi connectivity index (χ3v) is 3.28. The summed E-state index contributed by atoms with van der Waals surface area (Å²) in [6.45, 7) is 0. The molecule has 0 aliphatic rings. The molecule has 0 unspecified atom stereocenters. The molecule has 5 heteroatoms. The van der Waals surface area contributed by atoms with Crippen LogP contribution in [0.5, 0.6) is 0 Å². The summed E-state index contributed by atoms with van der Waals surface area (Å²) in [6, 6.07) is 8.73. The van der Waals surface area contributed by atoms with Gasteiger partial charge in [-0.05, 0) is 23.6 Å². The van der Waals surface area contributed by atoms with Crippen LogP contribution in [0.25, 0.3) is 0 Å². The Morgan fingerprint density at radius 1 is 1.16 bits per heavy atom. The van der Waals surface area contributed by atoms with Gasteiger partial charge in [0, 0.05) is 19.5 Å². The number of anilines is 1. The molecule has 1 aromatic heterocycles. The van der Waals surface area contributed by atoms with Crippen molar-refractivity contribution >= 4 is 28.8 Å². The van der Waals surface area contributed by atoms with Gasteiger partial charge in [-0.3, -0.25) is 9.59 Å². The van der Waals surface area contributed by atoms with Crippen LogP contribution in [0, 0.1) is 0 Å². The molecule has 0 aliphatic heterocycles. The molecule has 0 saturated heterocycles. The number of hydrogen-bond acceptors (Lipinski definition) is 3. The second kappa shape index (κ2) is 5.67. The zero-order chi connectivity index (χ0) is 13.8. The minimum Gasteiger partial charge on any atom is -0.345 e. The molecule has 0 radical (unpaired) electrons. The first-order valence-corrected chi connectivity index (χ1v) is 6.68. The fraction of sp³-hybridized carbons (Fsp3) is 0.143. The third kappa shape index (κ3) is 3.00. The number of nitrogens with zero attached hydrogens (tertiary/aromatic N) is 1. The molecule has 2 amide bonds. The molecule has 0 bridgehead atoms. The molecule has 2 rings (SSSR count). The van der Waals surface area contributed by atoms with Crippen molar-refractivity contribution in [3.63, 3.8) is 0 Å². The summed E-state index contributed by atoms with van der Waals surface area (Å²) in [4.78, 5) is 25.5. The Labute approximate surface area is 115 Å². The Bertz CT molecular complexity index is 591. The molecule has 98 valence electrons. The van der Waals surface area contributed by atoms with E-state index in [1.807, 2.05) is 5.38 Å². The first-order chi connectivity index (χ1) is 9.09. The van der Waals surface area contributed by atoms with Crippen LogP contribution in [-0.2, 0) is 0 Å². The van der Waals surface area contributed by atoms with Crippen molar-refractivity contribution in [2.24, 2.45) is 0 Å². The number of rotatable bonds is 3. The standard InChI is InChI=1S/C14H14N2O2S/c1-16(2)14(18)11-5-3-4-6-12(11)15-13(17)10-7-8-19-9-10/h3-9H,1-2H3,(H,15,17). The quantitative estimate of drug-likeness (QED) is 0.935. The second-order valence-corrected chi connectivity index (χ2v) is 4.99. The van der Waals surface area contributed by atoms with Crippen LogP contribution >= 0.6 is 11.3 Å². The van der Waals surface area contributed by atoms with Crippen molar-refractivity contribution in [3.8, 4) is 0 Å². The van der Waals surface area contributed by atoms with Gasteiger partial charge in [-0.25, -0.2) is 0 Å². The maximum absolute atomic E-state index is 12.0. The van der Waals surface area contributed by atoms with Gasteiger partial charge in [0.2, 0.25) is 0 Å². The normalized spacial score (nSPS) is 10.0. The van der Waals surface area contributed by atoms with Crippen molar-refractivity contribution in [2.75, 3.05) is 19.4 Å². The van der Waals surface area contributed by atoms with E-state index in [-0.39, 0.29) is 11.8 Å². The highest BCUT2D eigenvalue weighted by Crippen LogP contribution is 2.18. The number of carbonyl (C=O) groups is 2. The van der Waals surface area contributed by atoms with Gasteiger partial charge in [0.25, 0.3) is 11.8 Å². The lowest BCUT2D eigenvalue weighted by Gasteiger charge is -2.14. The maximum Gasteiger partial charge on any atom is 0.256 e. The van der Waals surface area contributed by atoms with Crippen LogP contribution in [-0.4, -0.2) is 30.8 Å². The second-order valence-electron chi connectivity index (χ2n) is 4.21. The Morgan fingerprint density at radius 3 is 2.53 bits per heavy atom. The number of nitrogens with one attached hydrogen (secondary N) is 1. The summed E-state index contributed by atoms with van der Waals surface area (Å²) < 4.78 is 0. The minimum absolute atomic E-state index is 0.138. The van der Waals surface area contributed by atoms with Crippen LogP contribution in [0.15, 0.2) is 41.1 Å². The number of carbonyl (C=O) groups excluding carboxylic acids is 2. The van der Waals surface area contributed by atoms with Gasteiger partial charge in [0.15, 0.2) is 0 Å². The third-order valence-electron chi connectivity index (χ3n) is 2.60. The molecular formula is C14H14N2O2S. The van der Waals surface area contributed by atoms with Crippen LogP contribution in [0.1, 0.15) is 20.7 Å². The molecule has 0 atom stereocenters. The highest BCUT2D eigenvalue weighted by Gasteiger charge is 2.15. The largest absolute Gasteiger partial charge is 0.345 e. The summed E-state index contributed by atoms with van der Waals surface area (Å²) in [5.74, 6) is -0.346. The van der Waals surface area contributed by atoms with E-state index in [0.717, 1.165) is 0 Å². The average molecular weight is 274 g/mol. The molecule has 1 aromatic carbocycles. The first-order valence-electron chi connectivity index (χ1n) is 5.74. The molecule has 19 heavy (non-hydrogen) atoms. The van der Waals surface area contributed by atoms with E-state index < -0.39 is 0 Å². The minimum atomic E-state index is -0.208. The SMILES string of the molecule is CN(C)C(=O)c1ccccc1NC(=O)c1ccsc1. The van der Waals surface area contributed by atoms with Crippen molar-refractivity contribution < 1.29 is 9.59 Å². The number of hydrogen-bond donors (Lipinski definition) is 1. The van der Waals surface area contributed by atoms with Gasteiger partial charge in [0.05, 0.1) is 16.8 Å². The van der Waals surface area contributed by atoms with E-state index in [1.165, 1.54) is 16.2 Å². The zero-order valence-corrected chi connectivity index (χ0v) is 11.5. The van der Waals surface area contributed by atoms with Gasteiger partial charge in [-0.15, -0.1) is 0 Å². The van der Waals surface area contributed by atoms with E-state index in [9.17, 15) is 9.59 Å². The van der Waals surface area contributed by atoms with Gasteiger partial charge < -0.3 is 10.2 Å². The molecule has 0 spiro atoms. The smallest absolute Gasteiger partial charge is 0.256 e. The van der Waals surface area contributed by atoms with E-state index in [1.54, 1.807) is 49.8 Å². The first kappa shape index (κ1) is 13.3. The number of thiophene rings is 1. The fourth-order valence-electron chi connectivity index (χ4n) is 1.61. The van der Waals surface area contributed by atoms with E-state index in [4.69, 9.17) is 0 Å². The van der Waals surface area contributed by atoms with Gasteiger partial charge in [-0.2, -0.15) is 11.3 Å². The van der Waals surface area contributed by atoms with Crippen LogP contribution in [0.4, 0.5) is 5.69 Å². The topological polar surface area (TPSA) is 49.4 Å². The van der Waals surface area contributed by atoms with Crippen LogP contribution < -0.4 is 5.32 Å². The van der Waals surface area contributed by atoms with Crippen molar-refractivity contribution in [2.45, 2.75) is 0 Å². The lowest BCUT2D eigenvalue weighted by atomic mass is 10.1. The van der Waals surface area contributed by atoms with E-state index in [2.05, 4.69) is 5.32 Å². The average Bonchev–Trinajstić information content (AvgIpc) is 2.92. The predicted octanol–water partition coefficient (Wildman–Crippen LogP) is 2.70. The van der Waals surface area contributed by atoms with Crippen molar-refractivity contribution in [3.05, 3.63) is 52.2 Å². The lowest BCUT2D eigenvalue weighted by molar-refractivity contribution is 0.0828. The summed E-state index contributed by atoms with van der Waals surface area (Å²) in [6.07, 6.45) is 0. The summed E-state index contributed by atoms with van der Waals surface area (Å²) in [5, 5.41) is 6.38. The zero-order valence-electron chi connectivity index (χ0n) is 10.7. The number of benzene rings is 1. The van der Waals surface area contributed by atoms with Crippen molar-refractivity contribution in [1.29, 1.82) is 0 Å². The maximum atomic E-state index is 12.0. The fourth-order valence-corrected chi connectivity index (χ4v) is 2.24. The molecular weight excluding hydrogens is 260 g/mol. The summed E-state index contributed by atoms with van der Waals surface area (Å²) >= 11 is 1.46. The number of para-hydroxylation sites is 1. The lowest BCUT2D eigenvalue weighted by Crippen LogP contribution is -2.23. The van der Waals surface area contributed by atoms with Gasteiger partial charge in [-0.1, -0.05) is 12.1 Å². The van der Waals surface area contributed by atoms with Gasteiger partial charge >= 0.3 is 0 Å². The van der Waals surface area contributed by atoms with E-state index in [0.29, 0.717) is 16.8 Å². The Balaban J connectivity index is 2.26. The molecule has 2 aromatic rings. The highest BCUT2D eigenvalue weighted by molar-refractivity contribution is 7.08. The van der Waals surface area contributed by atoms with Crippen LogP contribution in [0.2, 0.25) is 0 Å². The van der Waals surface area contributed by atoms with Crippen molar-refractivity contribution in [1.82, 2.24) is 4.90 Å². The summed E-state index contributed by atoms with van der Waals surface area (Å²) in [7, 11) is 3.36. The van der Waals surface area contributed by atoms with E-state index >= 15 is 0 Å². The molecule has 0 aliphatic carbocycles. The summed E-state index contributed by atoms with van der Waals surface area (Å²) in [5.41, 5.74) is 1.60. The molecule has 1 heterocycles. The predicted molar refractivity (Wildman–Crippen MR) is 76.7 cm³/mol. The van der Waals surface area contributed by atoms with Gasteiger partial charge in [0.1, 0.15) is 0 Å². The Hall–Kier alpha value is -2.14. The Kier molecular flexibility index (Phi) is 3.97. The molecule has 0 saturated carbocycles. The molecule has 1 N–H and O–H groups in total. The molecule has 4 nitrogen and oxygen atoms in total.